The lowest BCUT2D eigenvalue weighted by atomic mass is 9.91. The molecule has 1 fully saturated rings. The number of thiocarbonyl (C=S) groups is 1. The van der Waals surface area contributed by atoms with Gasteiger partial charge in [0.25, 0.3) is 5.91 Å². The van der Waals surface area contributed by atoms with E-state index < -0.39 is 0 Å². The van der Waals surface area contributed by atoms with Crippen molar-refractivity contribution >= 4 is 29.3 Å². The summed E-state index contributed by atoms with van der Waals surface area (Å²) in [4.78, 5) is 11.7. The zero-order chi connectivity index (χ0) is 15.7. The van der Waals surface area contributed by atoms with Gasteiger partial charge in [0.15, 0.2) is 5.11 Å². The fraction of sp³-hybridized carbons (Fsp3) is 0.375. The van der Waals surface area contributed by atoms with E-state index in [0.717, 1.165) is 16.7 Å². The summed E-state index contributed by atoms with van der Waals surface area (Å²) in [6, 6.07) is 3.82. The molecule has 1 aromatic rings. The Hall–Kier alpha value is -1.88. The molecule has 0 atom stereocenters. The van der Waals surface area contributed by atoms with E-state index in [2.05, 4.69) is 10.6 Å². The molecule has 4 nitrogen and oxygen atoms in total. The van der Waals surface area contributed by atoms with Crippen LogP contribution in [0.25, 0.3) is 6.08 Å². The molecule has 2 rings (SSSR count). The highest BCUT2D eigenvalue weighted by molar-refractivity contribution is 7.80. The van der Waals surface area contributed by atoms with Crippen LogP contribution in [0.3, 0.4) is 0 Å². The molecule has 1 aliphatic rings. The van der Waals surface area contributed by atoms with Crippen molar-refractivity contribution in [1.29, 1.82) is 0 Å². The van der Waals surface area contributed by atoms with Crippen LogP contribution in [0.1, 0.15) is 56.2 Å². The van der Waals surface area contributed by atoms with Crippen molar-refractivity contribution in [2.24, 2.45) is 0 Å². The molecule has 0 radical (unpaired) electrons. The topological polar surface area (TPSA) is 61.4 Å². The zero-order valence-corrected chi connectivity index (χ0v) is 13.5. The van der Waals surface area contributed by atoms with Crippen molar-refractivity contribution in [2.75, 3.05) is 0 Å². The first kappa shape index (κ1) is 15.5. The second-order valence-corrected chi connectivity index (χ2v) is 6.23. The molecule has 1 heterocycles. The van der Waals surface area contributed by atoms with Crippen LogP contribution in [0.5, 0.6) is 5.75 Å². The van der Waals surface area contributed by atoms with E-state index in [4.69, 9.17) is 12.2 Å². The molecule has 5 heteroatoms. The van der Waals surface area contributed by atoms with Crippen LogP contribution < -0.4 is 10.6 Å². The van der Waals surface area contributed by atoms with Crippen molar-refractivity contribution in [3.8, 4) is 5.75 Å². The van der Waals surface area contributed by atoms with Crippen LogP contribution >= 0.6 is 12.2 Å². The van der Waals surface area contributed by atoms with Crippen LogP contribution in [0, 0.1) is 0 Å². The van der Waals surface area contributed by atoms with Crippen molar-refractivity contribution in [1.82, 2.24) is 10.6 Å². The molecular formula is C16H20N2O2S. The number of nitrogens with one attached hydrogen (secondary N) is 2. The minimum absolute atomic E-state index is 0.201. The average molecular weight is 304 g/mol. The van der Waals surface area contributed by atoms with Crippen molar-refractivity contribution < 1.29 is 9.90 Å². The van der Waals surface area contributed by atoms with Gasteiger partial charge < -0.3 is 10.4 Å². The van der Waals surface area contributed by atoms with Gasteiger partial charge in [-0.2, -0.15) is 0 Å². The summed E-state index contributed by atoms with van der Waals surface area (Å²) in [7, 11) is 0. The Balaban J connectivity index is 2.52. The maximum absolute atomic E-state index is 11.7. The summed E-state index contributed by atoms with van der Waals surface area (Å²) < 4.78 is 0. The van der Waals surface area contributed by atoms with Gasteiger partial charge in [0.05, 0.1) is 0 Å². The number of rotatable bonds is 3. The van der Waals surface area contributed by atoms with Crippen LogP contribution in [0.15, 0.2) is 17.8 Å². The predicted molar refractivity (Wildman–Crippen MR) is 88.1 cm³/mol. The standard InChI is InChI=1S/C16H20N2O2S/c1-8(2)11-5-10(6-12(9(3)4)14(11)19)7-13-15(20)18-16(21)17-13/h5-9,19H,1-4H3,(H2,17,18,20,21). The average Bonchev–Trinajstić information content (AvgIpc) is 2.69. The molecule has 0 saturated carbocycles. The SMILES string of the molecule is CC(C)c1cc(C=C2NC(=S)NC2=O)cc(C(C)C)c1O. The van der Waals surface area contributed by atoms with Gasteiger partial charge in [-0.1, -0.05) is 27.7 Å². The summed E-state index contributed by atoms with van der Waals surface area (Å²) in [6.45, 7) is 8.13. The first-order valence-corrected chi connectivity index (χ1v) is 7.41. The third-order valence-electron chi connectivity index (χ3n) is 3.47. The van der Waals surface area contributed by atoms with E-state index in [-0.39, 0.29) is 17.7 Å². The Morgan fingerprint density at radius 3 is 2.00 bits per heavy atom. The van der Waals surface area contributed by atoms with E-state index in [1.165, 1.54) is 0 Å². The van der Waals surface area contributed by atoms with E-state index in [1.807, 2.05) is 39.8 Å². The van der Waals surface area contributed by atoms with E-state index in [0.29, 0.717) is 16.6 Å². The molecule has 3 N–H and O–H groups in total. The second kappa shape index (κ2) is 5.85. The number of phenols is 1. The van der Waals surface area contributed by atoms with Crippen LogP contribution in [0.2, 0.25) is 0 Å². The number of carbonyl (C=O) groups excluding carboxylic acids is 1. The predicted octanol–water partition coefficient (Wildman–Crippen LogP) is 2.98. The lowest BCUT2D eigenvalue weighted by molar-refractivity contribution is -0.115. The number of hydrogen-bond donors (Lipinski definition) is 3. The Bertz CT molecular complexity index is 604. The van der Waals surface area contributed by atoms with Crippen molar-refractivity contribution in [3.63, 3.8) is 0 Å². The number of carbonyl (C=O) groups is 1. The summed E-state index contributed by atoms with van der Waals surface area (Å²) in [5, 5.41) is 16.1. The van der Waals surface area contributed by atoms with Gasteiger partial charge in [0.2, 0.25) is 0 Å². The number of benzene rings is 1. The van der Waals surface area contributed by atoms with E-state index in [1.54, 1.807) is 6.08 Å². The van der Waals surface area contributed by atoms with E-state index in [9.17, 15) is 9.90 Å². The highest BCUT2D eigenvalue weighted by Crippen LogP contribution is 2.35. The van der Waals surface area contributed by atoms with Gasteiger partial charge in [-0.05, 0) is 59.0 Å². The van der Waals surface area contributed by atoms with E-state index >= 15 is 0 Å². The molecule has 1 aromatic carbocycles. The summed E-state index contributed by atoms with van der Waals surface area (Å²) in [5.74, 6) is 0.520. The van der Waals surface area contributed by atoms with Crippen LogP contribution in [-0.4, -0.2) is 16.1 Å². The first-order valence-electron chi connectivity index (χ1n) is 7.00. The maximum Gasteiger partial charge on any atom is 0.273 e. The molecule has 1 amide bonds. The van der Waals surface area contributed by atoms with Gasteiger partial charge in [0.1, 0.15) is 11.4 Å². The third-order valence-corrected chi connectivity index (χ3v) is 3.67. The first-order chi connectivity index (χ1) is 9.79. The zero-order valence-electron chi connectivity index (χ0n) is 12.7. The largest absolute Gasteiger partial charge is 0.507 e. The monoisotopic (exact) mass is 304 g/mol. The van der Waals surface area contributed by atoms with Gasteiger partial charge in [-0.25, -0.2) is 0 Å². The highest BCUT2D eigenvalue weighted by atomic mass is 32.1. The molecule has 21 heavy (non-hydrogen) atoms. The Morgan fingerprint density at radius 1 is 1.10 bits per heavy atom. The Labute approximate surface area is 130 Å². The summed E-state index contributed by atoms with van der Waals surface area (Å²) in [5.41, 5.74) is 3.07. The number of hydrogen-bond acceptors (Lipinski definition) is 3. The van der Waals surface area contributed by atoms with Gasteiger partial charge in [-0.3, -0.25) is 10.1 Å². The quantitative estimate of drug-likeness (QED) is 0.593. The molecule has 1 saturated heterocycles. The summed E-state index contributed by atoms with van der Waals surface area (Å²) in [6.07, 6.45) is 1.76. The number of phenolic OH excluding ortho intramolecular Hbond substituents is 1. The Morgan fingerprint density at radius 2 is 1.62 bits per heavy atom. The molecule has 0 bridgehead atoms. The highest BCUT2D eigenvalue weighted by Gasteiger charge is 2.21. The summed E-state index contributed by atoms with van der Waals surface area (Å²) >= 11 is 4.92. The molecular weight excluding hydrogens is 284 g/mol. The normalized spacial score (nSPS) is 16.8. The van der Waals surface area contributed by atoms with Crippen LogP contribution in [-0.2, 0) is 4.79 Å². The number of aromatic hydroxyl groups is 1. The second-order valence-electron chi connectivity index (χ2n) is 5.82. The Kier molecular flexibility index (Phi) is 4.32. The third kappa shape index (κ3) is 3.24. The molecule has 0 spiro atoms. The fourth-order valence-corrected chi connectivity index (χ4v) is 2.52. The van der Waals surface area contributed by atoms with Crippen molar-refractivity contribution in [3.05, 3.63) is 34.5 Å². The molecule has 0 unspecified atom stereocenters. The number of amides is 1. The maximum atomic E-state index is 11.7. The molecule has 0 aromatic heterocycles. The van der Waals surface area contributed by atoms with Crippen LogP contribution in [0.4, 0.5) is 0 Å². The lowest BCUT2D eigenvalue weighted by Gasteiger charge is -2.16. The fourth-order valence-electron chi connectivity index (χ4n) is 2.32. The van der Waals surface area contributed by atoms with Gasteiger partial charge in [-0.15, -0.1) is 0 Å². The minimum Gasteiger partial charge on any atom is -0.507 e. The lowest BCUT2D eigenvalue weighted by Crippen LogP contribution is -2.21. The molecule has 1 aliphatic heterocycles. The molecule has 0 aliphatic carbocycles. The smallest absolute Gasteiger partial charge is 0.273 e. The molecule has 112 valence electrons. The van der Waals surface area contributed by atoms with Crippen molar-refractivity contribution in [2.45, 2.75) is 39.5 Å². The minimum atomic E-state index is -0.231. The van der Waals surface area contributed by atoms with Gasteiger partial charge in [0, 0.05) is 0 Å². The van der Waals surface area contributed by atoms with Gasteiger partial charge >= 0.3 is 0 Å².